The Labute approximate surface area is 147 Å². The van der Waals surface area contributed by atoms with Crippen LogP contribution in [0.15, 0.2) is 59.6 Å². The Morgan fingerprint density at radius 3 is 2.12 bits per heavy atom. The molecule has 0 aromatic heterocycles. The van der Waals surface area contributed by atoms with Gasteiger partial charge in [-0.25, -0.2) is 0 Å². The van der Waals surface area contributed by atoms with Crippen LogP contribution in [0.3, 0.4) is 0 Å². The van der Waals surface area contributed by atoms with Crippen LogP contribution in [-0.4, -0.2) is 21.1 Å². The maximum atomic E-state index is 12.6. The molecule has 1 unspecified atom stereocenters. The van der Waals surface area contributed by atoms with Gasteiger partial charge < -0.3 is 4.43 Å². The lowest BCUT2D eigenvalue weighted by Crippen LogP contribution is -2.27. The van der Waals surface area contributed by atoms with Gasteiger partial charge in [-0.05, 0) is 42.9 Å². The zero-order valence-corrected chi connectivity index (χ0v) is 15.5. The summed E-state index contributed by atoms with van der Waals surface area (Å²) in [6, 6.07) is 14.5. The second kappa shape index (κ2) is 7.97. The van der Waals surface area contributed by atoms with Crippen LogP contribution in [0.1, 0.15) is 22.7 Å². The molecule has 0 aliphatic heterocycles. The van der Waals surface area contributed by atoms with Crippen LogP contribution in [0.2, 0.25) is 19.6 Å². The second-order valence-electron chi connectivity index (χ2n) is 6.75. The molecule has 134 valence electrons. The lowest BCUT2D eigenvalue weighted by atomic mass is 10.1. The fourth-order valence-corrected chi connectivity index (χ4v) is 2.82. The summed E-state index contributed by atoms with van der Waals surface area (Å²) in [6.07, 6.45) is -2.72. The molecule has 0 heterocycles. The van der Waals surface area contributed by atoms with Crippen molar-refractivity contribution in [2.45, 2.75) is 31.9 Å². The Morgan fingerprint density at radius 2 is 1.60 bits per heavy atom. The Morgan fingerprint density at radius 1 is 1.00 bits per heavy atom. The van der Waals surface area contributed by atoms with E-state index in [9.17, 15) is 13.2 Å². The highest BCUT2D eigenvalue weighted by Gasteiger charge is 2.29. The van der Waals surface area contributed by atoms with Crippen LogP contribution in [0, 0.1) is 0 Å². The minimum Gasteiger partial charge on any atom is -0.415 e. The molecular formula is C19H22F3NOSi. The van der Waals surface area contributed by atoms with E-state index in [1.165, 1.54) is 12.1 Å². The van der Waals surface area contributed by atoms with Crippen molar-refractivity contribution in [1.29, 1.82) is 0 Å². The summed E-state index contributed by atoms with van der Waals surface area (Å²) in [5.74, 6) is 0. The van der Waals surface area contributed by atoms with Crippen molar-refractivity contribution in [3.05, 3.63) is 71.3 Å². The number of rotatable bonds is 6. The maximum absolute atomic E-state index is 12.6. The fraction of sp³-hybridized carbons (Fsp3) is 0.316. The van der Waals surface area contributed by atoms with E-state index in [2.05, 4.69) is 24.6 Å². The van der Waals surface area contributed by atoms with Crippen LogP contribution in [0.4, 0.5) is 13.2 Å². The molecule has 0 amide bonds. The normalized spacial score (nSPS) is 14.0. The summed E-state index contributed by atoms with van der Waals surface area (Å²) in [5.41, 5.74) is 0.983. The van der Waals surface area contributed by atoms with Crippen LogP contribution in [0.5, 0.6) is 0 Å². The maximum Gasteiger partial charge on any atom is 0.416 e. The van der Waals surface area contributed by atoms with E-state index in [1.807, 2.05) is 30.3 Å². The number of aliphatic imine (C=N–C) groups is 1. The van der Waals surface area contributed by atoms with Gasteiger partial charge in [0.1, 0.15) is 0 Å². The van der Waals surface area contributed by atoms with Crippen molar-refractivity contribution in [1.82, 2.24) is 0 Å². The number of nitrogens with zero attached hydrogens (tertiary/aromatic N) is 1. The van der Waals surface area contributed by atoms with Gasteiger partial charge in [0.2, 0.25) is 0 Å². The first-order chi connectivity index (χ1) is 11.6. The summed E-state index contributed by atoms with van der Waals surface area (Å²) in [7, 11) is -1.69. The first kappa shape index (κ1) is 19.4. The van der Waals surface area contributed by atoms with Crippen molar-refractivity contribution in [3.8, 4) is 0 Å². The van der Waals surface area contributed by atoms with Gasteiger partial charge in [0.05, 0.1) is 18.2 Å². The van der Waals surface area contributed by atoms with E-state index in [0.717, 1.165) is 17.7 Å². The average molecular weight is 365 g/mol. The zero-order chi connectivity index (χ0) is 18.5. The summed E-state index contributed by atoms with van der Waals surface area (Å²) >= 11 is 0. The van der Waals surface area contributed by atoms with E-state index >= 15 is 0 Å². The first-order valence-corrected chi connectivity index (χ1v) is 11.5. The lowest BCUT2D eigenvalue weighted by Gasteiger charge is -2.21. The molecule has 2 nitrogen and oxygen atoms in total. The SMILES string of the molecule is C[Si](C)(C)OCC(N=Cc1ccc(C(F)(F)F)cc1)c1ccccc1. The monoisotopic (exact) mass is 365 g/mol. The number of benzene rings is 2. The van der Waals surface area contributed by atoms with Crippen LogP contribution in [-0.2, 0) is 10.6 Å². The number of alkyl halides is 3. The highest BCUT2D eigenvalue weighted by atomic mass is 28.4. The van der Waals surface area contributed by atoms with E-state index in [4.69, 9.17) is 4.43 Å². The number of halogens is 3. The predicted octanol–water partition coefficient (Wildman–Crippen LogP) is 5.72. The Hall–Kier alpha value is -1.92. The summed E-state index contributed by atoms with van der Waals surface area (Å²) in [5, 5.41) is 0. The minimum atomic E-state index is -4.33. The molecule has 0 bridgehead atoms. The molecular weight excluding hydrogens is 343 g/mol. The van der Waals surface area contributed by atoms with Gasteiger partial charge in [0, 0.05) is 6.21 Å². The van der Waals surface area contributed by atoms with Gasteiger partial charge in [-0.1, -0.05) is 42.5 Å². The Balaban J connectivity index is 2.16. The van der Waals surface area contributed by atoms with Crippen molar-refractivity contribution >= 4 is 14.5 Å². The molecule has 25 heavy (non-hydrogen) atoms. The molecule has 0 spiro atoms. The quantitative estimate of drug-likeness (QED) is 0.474. The molecule has 0 aliphatic carbocycles. The molecule has 0 fully saturated rings. The van der Waals surface area contributed by atoms with E-state index in [-0.39, 0.29) is 6.04 Å². The fourth-order valence-electron chi connectivity index (χ4n) is 2.16. The smallest absolute Gasteiger partial charge is 0.415 e. The molecule has 2 rings (SSSR count). The highest BCUT2D eigenvalue weighted by Crippen LogP contribution is 2.29. The molecule has 0 saturated carbocycles. The standard InChI is InChI=1S/C19H22F3NOSi/c1-25(2,3)24-14-18(16-7-5-4-6-8-16)23-13-15-9-11-17(12-10-15)19(20,21)22/h4-13,18H,14H2,1-3H3. The molecule has 2 aromatic rings. The van der Waals surface area contributed by atoms with Gasteiger partial charge in [-0.3, -0.25) is 4.99 Å². The van der Waals surface area contributed by atoms with E-state index < -0.39 is 20.1 Å². The minimum absolute atomic E-state index is 0.185. The van der Waals surface area contributed by atoms with Crippen LogP contribution in [0.25, 0.3) is 0 Å². The summed E-state index contributed by atoms with van der Waals surface area (Å²) in [4.78, 5) is 4.55. The van der Waals surface area contributed by atoms with Crippen molar-refractivity contribution in [2.24, 2.45) is 4.99 Å². The van der Waals surface area contributed by atoms with Crippen molar-refractivity contribution in [3.63, 3.8) is 0 Å². The summed E-state index contributed by atoms with van der Waals surface area (Å²) in [6.45, 7) is 6.77. The van der Waals surface area contributed by atoms with Gasteiger partial charge in [-0.2, -0.15) is 13.2 Å². The predicted molar refractivity (Wildman–Crippen MR) is 97.5 cm³/mol. The van der Waals surface area contributed by atoms with Gasteiger partial charge in [0.15, 0.2) is 8.32 Å². The third-order valence-corrected chi connectivity index (χ3v) is 4.53. The van der Waals surface area contributed by atoms with Crippen LogP contribution >= 0.6 is 0 Å². The third kappa shape index (κ3) is 6.47. The largest absolute Gasteiger partial charge is 0.416 e. The molecule has 2 aromatic carbocycles. The van der Waals surface area contributed by atoms with Crippen molar-refractivity contribution < 1.29 is 17.6 Å². The zero-order valence-electron chi connectivity index (χ0n) is 14.5. The molecule has 6 heteroatoms. The molecule has 1 atom stereocenters. The molecule has 0 N–H and O–H groups in total. The Bertz CT molecular complexity index is 691. The highest BCUT2D eigenvalue weighted by molar-refractivity contribution is 6.69. The third-order valence-electron chi connectivity index (χ3n) is 3.50. The molecule has 0 saturated heterocycles. The van der Waals surface area contributed by atoms with Crippen molar-refractivity contribution in [2.75, 3.05) is 6.61 Å². The topological polar surface area (TPSA) is 21.6 Å². The van der Waals surface area contributed by atoms with Crippen LogP contribution < -0.4 is 0 Å². The van der Waals surface area contributed by atoms with Gasteiger partial charge >= 0.3 is 6.18 Å². The van der Waals surface area contributed by atoms with Gasteiger partial charge in [0.25, 0.3) is 0 Å². The molecule has 0 aliphatic rings. The summed E-state index contributed by atoms with van der Waals surface area (Å²) < 4.78 is 43.8. The van der Waals surface area contributed by atoms with E-state index in [1.54, 1.807) is 6.21 Å². The second-order valence-corrected chi connectivity index (χ2v) is 11.3. The first-order valence-electron chi connectivity index (χ1n) is 8.04. The number of hydrogen-bond acceptors (Lipinski definition) is 2. The average Bonchev–Trinajstić information content (AvgIpc) is 2.54. The Kier molecular flexibility index (Phi) is 6.19. The number of hydrogen-bond donors (Lipinski definition) is 0. The van der Waals surface area contributed by atoms with Gasteiger partial charge in [-0.15, -0.1) is 0 Å². The molecule has 0 radical (unpaired) electrons. The van der Waals surface area contributed by atoms with E-state index in [0.29, 0.717) is 12.2 Å². The lowest BCUT2D eigenvalue weighted by molar-refractivity contribution is -0.137.